The molecule has 0 heterocycles. The van der Waals surface area contributed by atoms with E-state index < -0.39 is 0 Å². The van der Waals surface area contributed by atoms with Gasteiger partial charge in [-0.2, -0.15) is 0 Å². The maximum absolute atomic E-state index is 3.93. The molecule has 2 atom stereocenters. The molecule has 0 saturated carbocycles. The topological polar surface area (TPSA) is 0 Å². The summed E-state index contributed by atoms with van der Waals surface area (Å²) in [5.74, 6) is 1.22. The highest BCUT2D eigenvalue weighted by atomic mass is 32.2. The lowest BCUT2D eigenvalue weighted by atomic mass is 9.95. The lowest BCUT2D eigenvalue weighted by Crippen LogP contribution is -1.98. The van der Waals surface area contributed by atoms with Crippen molar-refractivity contribution in [2.75, 3.05) is 6.26 Å². The standard InChI is InChI=1S/C15H22S/c1-5-13-10-15(11-14(13)6-2)12(3)8-7-9-16-4/h5,7-9,11,13,15H,1,6,10H2,2-4H3/b9-7-,12-8+. The largest absolute Gasteiger partial charge is 0.138 e. The Balaban J connectivity index is 2.70. The minimum Gasteiger partial charge on any atom is -0.138 e. The monoisotopic (exact) mass is 234 g/mol. The van der Waals surface area contributed by atoms with Crippen LogP contribution < -0.4 is 0 Å². The highest BCUT2D eigenvalue weighted by molar-refractivity contribution is 8.01. The molecule has 0 saturated heterocycles. The second-order valence-electron chi connectivity index (χ2n) is 4.25. The molecule has 1 aliphatic carbocycles. The molecule has 0 radical (unpaired) electrons. The normalized spacial score (nSPS) is 26.2. The summed E-state index contributed by atoms with van der Waals surface area (Å²) >= 11 is 1.74. The molecule has 0 aromatic heterocycles. The van der Waals surface area contributed by atoms with E-state index in [1.165, 1.54) is 12.0 Å². The van der Waals surface area contributed by atoms with Gasteiger partial charge in [0, 0.05) is 0 Å². The van der Waals surface area contributed by atoms with Crippen molar-refractivity contribution >= 4 is 11.8 Å². The van der Waals surface area contributed by atoms with Crippen LogP contribution in [0.5, 0.6) is 0 Å². The first-order chi connectivity index (χ1) is 7.72. The second kappa shape index (κ2) is 6.80. The summed E-state index contributed by atoms with van der Waals surface area (Å²) in [6.07, 6.45) is 13.4. The van der Waals surface area contributed by atoms with E-state index in [1.54, 1.807) is 17.3 Å². The van der Waals surface area contributed by atoms with Crippen LogP contribution in [0.2, 0.25) is 0 Å². The van der Waals surface area contributed by atoms with Crippen molar-refractivity contribution < 1.29 is 0 Å². The number of hydrogen-bond donors (Lipinski definition) is 0. The first-order valence-electron chi connectivity index (χ1n) is 5.92. The van der Waals surface area contributed by atoms with Gasteiger partial charge in [-0.15, -0.1) is 18.3 Å². The summed E-state index contributed by atoms with van der Waals surface area (Å²) in [7, 11) is 0. The van der Waals surface area contributed by atoms with Gasteiger partial charge < -0.3 is 0 Å². The molecule has 0 fully saturated rings. The van der Waals surface area contributed by atoms with Crippen LogP contribution in [0.15, 0.2) is 47.4 Å². The van der Waals surface area contributed by atoms with Crippen molar-refractivity contribution in [1.29, 1.82) is 0 Å². The van der Waals surface area contributed by atoms with Crippen molar-refractivity contribution in [2.45, 2.75) is 26.7 Å². The van der Waals surface area contributed by atoms with Crippen LogP contribution in [0.25, 0.3) is 0 Å². The Bertz CT molecular complexity index is 320. The van der Waals surface area contributed by atoms with Gasteiger partial charge >= 0.3 is 0 Å². The van der Waals surface area contributed by atoms with Crippen molar-refractivity contribution in [3.8, 4) is 0 Å². The highest BCUT2D eigenvalue weighted by Gasteiger charge is 2.23. The Hall–Kier alpha value is -0.690. The maximum Gasteiger partial charge on any atom is -0.00113 e. The Morgan fingerprint density at radius 3 is 2.88 bits per heavy atom. The molecule has 0 amide bonds. The van der Waals surface area contributed by atoms with E-state index in [9.17, 15) is 0 Å². The van der Waals surface area contributed by atoms with Gasteiger partial charge in [-0.25, -0.2) is 0 Å². The molecular weight excluding hydrogens is 212 g/mol. The lowest BCUT2D eigenvalue weighted by Gasteiger charge is -2.10. The number of rotatable bonds is 5. The third kappa shape index (κ3) is 3.41. The molecule has 1 rings (SSSR count). The van der Waals surface area contributed by atoms with Gasteiger partial charge in [-0.05, 0) is 43.3 Å². The molecule has 0 N–H and O–H groups in total. The van der Waals surface area contributed by atoms with Crippen LogP contribution >= 0.6 is 11.8 Å². The first-order valence-corrected chi connectivity index (χ1v) is 7.21. The molecule has 2 unspecified atom stereocenters. The molecule has 88 valence electrons. The molecule has 0 aliphatic heterocycles. The summed E-state index contributed by atoms with van der Waals surface area (Å²) in [5.41, 5.74) is 3.02. The lowest BCUT2D eigenvalue weighted by molar-refractivity contribution is 0.631. The van der Waals surface area contributed by atoms with Crippen LogP contribution in [-0.4, -0.2) is 6.26 Å². The van der Waals surface area contributed by atoms with Gasteiger partial charge in [0.2, 0.25) is 0 Å². The molecule has 0 bridgehead atoms. The Morgan fingerprint density at radius 1 is 1.62 bits per heavy atom. The quantitative estimate of drug-likeness (QED) is 0.478. The SMILES string of the molecule is C=CC1CC(/C(C)=C/C=C\SC)C=C1CC. The summed E-state index contributed by atoms with van der Waals surface area (Å²) in [4.78, 5) is 0. The molecule has 0 aromatic rings. The van der Waals surface area contributed by atoms with E-state index in [0.29, 0.717) is 11.8 Å². The van der Waals surface area contributed by atoms with E-state index in [2.05, 4.69) is 56.4 Å². The summed E-state index contributed by atoms with van der Waals surface area (Å²) in [5, 5.41) is 2.12. The smallest absolute Gasteiger partial charge is 0.00113 e. The van der Waals surface area contributed by atoms with E-state index in [0.717, 1.165) is 6.42 Å². The van der Waals surface area contributed by atoms with Crippen LogP contribution in [0, 0.1) is 11.8 Å². The Morgan fingerprint density at radius 2 is 2.38 bits per heavy atom. The van der Waals surface area contributed by atoms with Crippen LogP contribution in [0.3, 0.4) is 0 Å². The predicted molar refractivity (Wildman–Crippen MR) is 76.6 cm³/mol. The highest BCUT2D eigenvalue weighted by Crippen LogP contribution is 2.36. The molecule has 1 heteroatoms. The Kier molecular flexibility index (Phi) is 5.68. The zero-order valence-corrected chi connectivity index (χ0v) is 11.4. The average molecular weight is 234 g/mol. The van der Waals surface area contributed by atoms with Gasteiger partial charge in [0.05, 0.1) is 0 Å². The van der Waals surface area contributed by atoms with Gasteiger partial charge in [0.25, 0.3) is 0 Å². The van der Waals surface area contributed by atoms with Gasteiger partial charge in [0.1, 0.15) is 0 Å². The molecule has 16 heavy (non-hydrogen) atoms. The minimum absolute atomic E-state index is 0.600. The van der Waals surface area contributed by atoms with E-state index in [4.69, 9.17) is 0 Å². The van der Waals surface area contributed by atoms with Gasteiger partial charge in [0.15, 0.2) is 0 Å². The fourth-order valence-corrected chi connectivity index (χ4v) is 2.45. The second-order valence-corrected chi connectivity index (χ2v) is 5.00. The van der Waals surface area contributed by atoms with Gasteiger partial charge in [-0.1, -0.05) is 42.4 Å². The fraction of sp³-hybridized carbons (Fsp3) is 0.467. The van der Waals surface area contributed by atoms with Crippen LogP contribution in [-0.2, 0) is 0 Å². The average Bonchev–Trinajstić information content (AvgIpc) is 2.72. The third-order valence-corrected chi connectivity index (χ3v) is 3.68. The zero-order valence-electron chi connectivity index (χ0n) is 10.6. The van der Waals surface area contributed by atoms with Gasteiger partial charge in [-0.3, -0.25) is 0 Å². The molecule has 0 aromatic carbocycles. The van der Waals surface area contributed by atoms with E-state index in [-0.39, 0.29) is 0 Å². The summed E-state index contributed by atoms with van der Waals surface area (Å²) in [6.45, 7) is 8.39. The van der Waals surface area contributed by atoms with Crippen molar-refractivity contribution in [3.05, 3.63) is 47.4 Å². The number of thioether (sulfide) groups is 1. The predicted octanol–water partition coefficient (Wildman–Crippen LogP) is 4.97. The number of hydrogen-bond acceptors (Lipinski definition) is 1. The van der Waals surface area contributed by atoms with E-state index >= 15 is 0 Å². The number of allylic oxidation sites excluding steroid dienone is 6. The summed E-state index contributed by atoms with van der Waals surface area (Å²) < 4.78 is 0. The van der Waals surface area contributed by atoms with E-state index in [1.807, 2.05) is 0 Å². The maximum atomic E-state index is 3.93. The molecular formula is C15H22S. The zero-order chi connectivity index (χ0) is 12.0. The molecule has 1 aliphatic rings. The third-order valence-electron chi connectivity index (χ3n) is 3.25. The first kappa shape index (κ1) is 13.4. The van der Waals surface area contributed by atoms with Crippen molar-refractivity contribution in [3.63, 3.8) is 0 Å². The van der Waals surface area contributed by atoms with Crippen molar-refractivity contribution in [1.82, 2.24) is 0 Å². The van der Waals surface area contributed by atoms with Crippen LogP contribution in [0.1, 0.15) is 26.7 Å². The van der Waals surface area contributed by atoms with Crippen LogP contribution in [0.4, 0.5) is 0 Å². The molecule has 0 nitrogen and oxygen atoms in total. The summed E-state index contributed by atoms with van der Waals surface area (Å²) in [6, 6.07) is 0. The minimum atomic E-state index is 0.600. The van der Waals surface area contributed by atoms with Crippen molar-refractivity contribution in [2.24, 2.45) is 11.8 Å². The Labute approximate surface area is 104 Å². The fourth-order valence-electron chi connectivity index (χ4n) is 2.21. The molecule has 0 spiro atoms.